The zero-order valence-corrected chi connectivity index (χ0v) is 18.8. The van der Waals surface area contributed by atoms with Crippen LogP contribution in [0.1, 0.15) is 13.8 Å². The maximum atomic E-state index is 12.6. The second-order valence-corrected chi connectivity index (χ2v) is 8.84. The van der Waals surface area contributed by atoms with Gasteiger partial charge in [0.05, 0.1) is 31.5 Å². The number of benzene rings is 1. The molecule has 1 heterocycles. The van der Waals surface area contributed by atoms with E-state index in [1.165, 1.54) is 22.8 Å². The monoisotopic (exact) mass is 448 g/mol. The van der Waals surface area contributed by atoms with Crippen LogP contribution in [0.25, 0.3) is 0 Å². The molecule has 1 aromatic carbocycles. The first-order chi connectivity index (χ1) is 13.8. The first-order valence-electron chi connectivity index (χ1n) is 9.45. The average molecular weight is 449 g/mol. The SMILES string of the molecule is CCN(CC)S(=O)(=O)N1CCN(CC(=O)Nc2cc(OC)c(Cl)cc2OC)CC1. The maximum absolute atomic E-state index is 12.6. The Morgan fingerprint density at radius 3 is 2.21 bits per heavy atom. The molecule has 0 saturated carbocycles. The number of carbonyl (C=O) groups excluding carboxylic acids is 1. The third-order valence-corrected chi connectivity index (χ3v) is 7.29. The van der Waals surface area contributed by atoms with Crippen LogP contribution in [0.3, 0.4) is 0 Å². The van der Waals surface area contributed by atoms with Crippen LogP contribution in [0.2, 0.25) is 5.02 Å². The topological polar surface area (TPSA) is 91.4 Å². The summed E-state index contributed by atoms with van der Waals surface area (Å²) in [6.45, 7) is 6.33. The molecule has 9 nitrogen and oxygen atoms in total. The molecular weight excluding hydrogens is 420 g/mol. The molecule has 0 radical (unpaired) electrons. The molecule has 2 rings (SSSR count). The second-order valence-electron chi connectivity index (χ2n) is 6.50. The highest BCUT2D eigenvalue weighted by Crippen LogP contribution is 2.35. The van der Waals surface area contributed by atoms with Crippen molar-refractivity contribution in [3.63, 3.8) is 0 Å². The van der Waals surface area contributed by atoms with Gasteiger partial charge in [-0.15, -0.1) is 0 Å². The zero-order chi connectivity index (χ0) is 21.6. The molecule has 0 atom stereocenters. The number of nitrogens with zero attached hydrogens (tertiary/aromatic N) is 3. The Balaban J connectivity index is 1.95. The lowest BCUT2D eigenvalue weighted by Crippen LogP contribution is -2.54. The Bertz CT molecular complexity index is 809. The minimum atomic E-state index is -3.45. The van der Waals surface area contributed by atoms with Gasteiger partial charge in [0, 0.05) is 51.4 Å². The van der Waals surface area contributed by atoms with Crippen LogP contribution in [0.4, 0.5) is 5.69 Å². The fourth-order valence-electron chi connectivity index (χ4n) is 3.18. The third-order valence-electron chi connectivity index (χ3n) is 4.80. The van der Waals surface area contributed by atoms with Crippen molar-refractivity contribution in [3.05, 3.63) is 17.2 Å². The zero-order valence-electron chi connectivity index (χ0n) is 17.3. The minimum absolute atomic E-state index is 0.146. The highest BCUT2D eigenvalue weighted by molar-refractivity contribution is 7.86. The average Bonchev–Trinajstić information content (AvgIpc) is 2.70. The maximum Gasteiger partial charge on any atom is 0.282 e. The fourth-order valence-corrected chi connectivity index (χ4v) is 5.02. The van der Waals surface area contributed by atoms with E-state index in [1.807, 2.05) is 18.7 Å². The predicted octanol–water partition coefficient (Wildman–Crippen LogP) is 1.50. The van der Waals surface area contributed by atoms with Crippen LogP contribution in [0.5, 0.6) is 11.5 Å². The summed E-state index contributed by atoms with van der Waals surface area (Å²) in [6, 6.07) is 3.18. The smallest absolute Gasteiger partial charge is 0.282 e. The van der Waals surface area contributed by atoms with E-state index in [0.717, 1.165) is 0 Å². The molecule has 29 heavy (non-hydrogen) atoms. The second kappa shape index (κ2) is 10.4. The summed E-state index contributed by atoms with van der Waals surface area (Å²) in [7, 11) is -0.468. The number of piperazine rings is 1. The molecule has 0 bridgehead atoms. The van der Waals surface area contributed by atoms with Crippen LogP contribution in [0.15, 0.2) is 12.1 Å². The molecule has 1 N–H and O–H groups in total. The van der Waals surface area contributed by atoms with Crippen molar-refractivity contribution < 1.29 is 22.7 Å². The molecule has 1 aliphatic heterocycles. The highest BCUT2D eigenvalue weighted by Gasteiger charge is 2.31. The van der Waals surface area contributed by atoms with Crippen LogP contribution in [-0.2, 0) is 15.0 Å². The molecule has 1 aromatic rings. The fraction of sp³-hybridized carbons (Fsp3) is 0.611. The summed E-state index contributed by atoms with van der Waals surface area (Å²) in [5.74, 6) is 0.630. The van der Waals surface area contributed by atoms with Crippen molar-refractivity contribution in [2.45, 2.75) is 13.8 Å². The van der Waals surface area contributed by atoms with Crippen molar-refractivity contribution in [1.29, 1.82) is 0 Å². The summed E-state index contributed by atoms with van der Waals surface area (Å²) < 4.78 is 38.5. The Labute approximate surface area is 177 Å². The molecule has 1 saturated heterocycles. The standard InChI is InChI=1S/C18H29ClN4O5S/c1-5-22(6-2)29(25,26)23-9-7-21(8-10-23)13-18(24)20-15-12-16(27-3)14(19)11-17(15)28-4/h11-12H,5-10,13H2,1-4H3,(H,20,24). The lowest BCUT2D eigenvalue weighted by atomic mass is 10.2. The predicted molar refractivity (Wildman–Crippen MR) is 113 cm³/mol. The van der Waals surface area contributed by atoms with Crippen molar-refractivity contribution in [3.8, 4) is 11.5 Å². The summed E-state index contributed by atoms with van der Waals surface area (Å²) in [5.41, 5.74) is 0.460. The number of halogens is 1. The molecule has 0 aliphatic carbocycles. The molecule has 1 aliphatic rings. The first-order valence-corrected chi connectivity index (χ1v) is 11.2. The normalized spacial score (nSPS) is 16.1. The lowest BCUT2D eigenvalue weighted by Gasteiger charge is -2.35. The van der Waals surface area contributed by atoms with E-state index in [0.29, 0.717) is 61.5 Å². The molecule has 1 amide bonds. The number of rotatable bonds is 9. The third kappa shape index (κ3) is 5.73. The van der Waals surface area contributed by atoms with Gasteiger partial charge >= 0.3 is 0 Å². The number of methoxy groups -OCH3 is 2. The largest absolute Gasteiger partial charge is 0.495 e. The van der Waals surface area contributed by atoms with Gasteiger partial charge in [0.2, 0.25) is 5.91 Å². The summed E-state index contributed by atoms with van der Waals surface area (Å²) in [6.07, 6.45) is 0. The van der Waals surface area contributed by atoms with Crippen molar-refractivity contribution in [2.24, 2.45) is 0 Å². The van der Waals surface area contributed by atoms with Gasteiger partial charge in [-0.05, 0) is 0 Å². The first kappa shape index (κ1) is 23.7. The van der Waals surface area contributed by atoms with Gasteiger partial charge in [-0.1, -0.05) is 25.4 Å². The van der Waals surface area contributed by atoms with Crippen molar-refractivity contribution in [1.82, 2.24) is 13.5 Å². The molecule has 0 unspecified atom stereocenters. The van der Waals surface area contributed by atoms with E-state index < -0.39 is 10.2 Å². The molecule has 1 fully saturated rings. The number of hydrogen-bond donors (Lipinski definition) is 1. The van der Waals surface area contributed by atoms with Gasteiger partial charge in [-0.25, -0.2) is 0 Å². The number of amides is 1. The number of nitrogens with one attached hydrogen (secondary N) is 1. The number of anilines is 1. The van der Waals surface area contributed by atoms with Gasteiger partial charge in [0.15, 0.2) is 0 Å². The van der Waals surface area contributed by atoms with Gasteiger partial charge in [-0.2, -0.15) is 17.0 Å². The lowest BCUT2D eigenvalue weighted by molar-refractivity contribution is -0.117. The van der Waals surface area contributed by atoms with E-state index in [2.05, 4.69) is 5.32 Å². The molecule has 0 aromatic heterocycles. The van der Waals surface area contributed by atoms with Crippen LogP contribution < -0.4 is 14.8 Å². The van der Waals surface area contributed by atoms with Crippen LogP contribution in [-0.4, -0.2) is 87.9 Å². The van der Waals surface area contributed by atoms with Crippen LogP contribution >= 0.6 is 11.6 Å². The van der Waals surface area contributed by atoms with Gasteiger partial charge < -0.3 is 14.8 Å². The summed E-state index contributed by atoms with van der Waals surface area (Å²) in [5, 5.41) is 3.19. The molecule has 11 heteroatoms. The quantitative estimate of drug-likeness (QED) is 0.615. The van der Waals surface area contributed by atoms with E-state index in [1.54, 1.807) is 12.1 Å². The van der Waals surface area contributed by atoms with E-state index >= 15 is 0 Å². The minimum Gasteiger partial charge on any atom is -0.495 e. The Kier molecular flexibility index (Phi) is 8.53. The van der Waals surface area contributed by atoms with Crippen molar-refractivity contribution >= 4 is 33.4 Å². The number of ether oxygens (including phenoxy) is 2. The Morgan fingerprint density at radius 2 is 1.69 bits per heavy atom. The Morgan fingerprint density at radius 1 is 1.10 bits per heavy atom. The van der Waals surface area contributed by atoms with E-state index in [-0.39, 0.29) is 12.5 Å². The van der Waals surface area contributed by atoms with E-state index in [9.17, 15) is 13.2 Å². The van der Waals surface area contributed by atoms with Gasteiger partial charge in [0.1, 0.15) is 11.5 Å². The van der Waals surface area contributed by atoms with Crippen molar-refractivity contribution in [2.75, 3.05) is 65.3 Å². The highest BCUT2D eigenvalue weighted by atomic mass is 35.5. The van der Waals surface area contributed by atoms with Crippen LogP contribution in [0, 0.1) is 0 Å². The summed E-state index contributed by atoms with van der Waals surface area (Å²) in [4.78, 5) is 14.4. The van der Waals surface area contributed by atoms with Gasteiger partial charge in [-0.3, -0.25) is 9.69 Å². The molecule has 0 spiro atoms. The summed E-state index contributed by atoms with van der Waals surface area (Å²) >= 11 is 6.08. The molecule has 164 valence electrons. The molecular formula is C18H29ClN4O5S. The van der Waals surface area contributed by atoms with E-state index in [4.69, 9.17) is 21.1 Å². The number of hydrogen-bond acceptors (Lipinski definition) is 6. The Hall–Kier alpha value is -1.59. The van der Waals surface area contributed by atoms with Gasteiger partial charge in [0.25, 0.3) is 10.2 Å². The number of carbonyl (C=O) groups is 1.